The number of anilines is 1. The molecule has 4 rings (SSSR count). The summed E-state index contributed by atoms with van der Waals surface area (Å²) in [7, 11) is 1.73. The van der Waals surface area contributed by atoms with Crippen molar-refractivity contribution < 1.29 is 13.9 Å². The topological polar surface area (TPSA) is 71.3 Å². The molecule has 1 aromatic heterocycles. The van der Waals surface area contributed by atoms with Gasteiger partial charge in [0, 0.05) is 38.7 Å². The van der Waals surface area contributed by atoms with E-state index in [0.29, 0.717) is 12.6 Å². The molecule has 1 aromatic carbocycles. The molecule has 2 aliphatic heterocycles. The minimum absolute atomic E-state index is 0. The number of hydrogen-bond acceptors (Lipinski definition) is 5. The summed E-state index contributed by atoms with van der Waals surface area (Å²) in [5, 5.41) is 7.09. The molecule has 2 atom stereocenters. The standard InChI is InChI=1S/C23H32N4O3.HI/c1-28-22-9-3-2-8-21(22)27-13-11-18(17-27)26-23(25-16-20-7-5-15-30-20)24-12-10-19-6-4-14-29-19;/h2-4,6,8-9,14,18,20H,5,7,10-13,15-17H2,1H3,(H2,24,25,26);1H. The molecule has 2 saturated heterocycles. The maximum Gasteiger partial charge on any atom is 0.191 e. The van der Waals surface area contributed by atoms with Crippen LogP contribution in [0.4, 0.5) is 5.69 Å². The molecule has 3 heterocycles. The lowest BCUT2D eigenvalue weighted by Crippen LogP contribution is -2.45. The predicted molar refractivity (Wildman–Crippen MR) is 134 cm³/mol. The molecule has 0 spiro atoms. The number of para-hydroxylation sites is 2. The number of halogens is 1. The van der Waals surface area contributed by atoms with Gasteiger partial charge in [-0.25, -0.2) is 0 Å². The Hall–Kier alpha value is -1.94. The number of methoxy groups -OCH3 is 1. The largest absolute Gasteiger partial charge is 0.495 e. The molecule has 2 aromatic rings. The van der Waals surface area contributed by atoms with E-state index < -0.39 is 0 Å². The number of guanidine groups is 1. The molecular formula is C23H33IN4O3. The summed E-state index contributed by atoms with van der Waals surface area (Å²) in [5.74, 6) is 2.75. The van der Waals surface area contributed by atoms with Gasteiger partial charge in [-0.15, -0.1) is 24.0 Å². The summed E-state index contributed by atoms with van der Waals surface area (Å²) in [5.41, 5.74) is 1.15. The van der Waals surface area contributed by atoms with Gasteiger partial charge in [-0.1, -0.05) is 12.1 Å². The Morgan fingerprint density at radius 2 is 2.13 bits per heavy atom. The summed E-state index contributed by atoms with van der Waals surface area (Å²) in [6.45, 7) is 4.22. The molecule has 0 saturated carbocycles. The van der Waals surface area contributed by atoms with Crippen molar-refractivity contribution in [2.45, 2.75) is 37.8 Å². The zero-order valence-electron chi connectivity index (χ0n) is 18.1. The van der Waals surface area contributed by atoms with Gasteiger partial charge in [0.25, 0.3) is 0 Å². The summed E-state index contributed by atoms with van der Waals surface area (Å²) < 4.78 is 16.7. The molecule has 31 heavy (non-hydrogen) atoms. The van der Waals surface area contributed by atoms with Crippen molar-refractivity contribution >= 4 is 35.6 Å². The molecule has 7 nitrogen and oxygen atoms in total. The minimum atomic E-state index is 0. The molecule has 170 valence electrons. The van der Waals surface area contributed by atoms with E-state index in [1.54, 1.807) is 13.4 Å². The zero-order valence-corrected chi connectivity index (χ0v) is 20.4. The van der Waals surface area contributed by atoms with Gasteiger partial charge >= 0.3 is 0 Å². The van der Waals surface area contributed by atoms with Crippen LogP contribution in [0.2, 0.25) is 0 Å². The summed E-state index contributed by atoms with van der Waals surface area (Å²) in [6, 6.07) is 12.5. The van der Waals surface area contributed by atoms with Crippen molar-refractivity contribution in [3.63, 3.8) is 0 Å². The maximum absolute atomic E-state index is 5.74. The number of ether oxygens (including phenoxy) is 2. The Labute approximate surface area is 201 Å². The van der Waals surface area contributed by atoms with Gasteiger partial charge in [0.05, 0.1) is 31.7 Å². The smallest absolute Gasteiger partial charge is 0.191 e. The third kappa shape index (κ3) is 6.77. The van der Waals surface area contributed by atoms with Crippen molar-refractivity contribution in [2.24, 2.45) is 4.99 Å². The first kappa shape index (κ1) is 23.7. The highest BCUT2D eigenvalue weighted by atomic mass is 127. The van der Waals surface area contributed by atoms with Gasteiger partial charge in [0.15, 0.2) is 5.96 Å². The van der Waals surface area contributed by atoms with Crippen molar-refractivity contribution in [3.05, 3.63) is 48.4 Å². The average molecular weight is 540 g/mol. The van der Waals surface area contributed by atoms with Gasteiger partial charge in [-0.3, -0.25) is 4.99 Å². The third-order valence-electron chi connectivity index (χ3n) is 5.68. The number of furan rings is 1. The number of hydrogen-bond donors (Lipinski definition) is 2. The van der Waals surface area contributed by atoms with Crippen LogP contribution < -0.4 is 20.3 Å². The summed E-state index contributed by atoms with van der Waals surface area (Å²) in [4.78, 5) is 7.19. The van der Waals surface area contributed by atoms with E-state index in [9.17, 15) is 0 Å². The Balaban J connectivity index is 0.00000272. The van der Waals surface area contributed by atoms with Crippen molar-refractivity contribution in [1.82, 2.24) is 10.6 Å². The molecule has 2 aliphatic rings. The molecule has 0 bridgehead atoms. The Morgan fingerprint density at radius 3 is 2.90 bits per heavy atom. The molecule has 0 radical (unpaired) electrons. The average Bonchev–Trinajstić information content (AvgIpc) is 3.55. The van der Waals surface area contributed by atoms with Crippen LogP contribution in [0.5, 0.6) is 5.75 Å². The van der Waals surface area contributed by atoms with Gasteiger partial charge in [0.2, 0.25) is 0 Å². The van der Waals surface area contributed by atoms with Crippen LogP contribution in [0.15, 0.2) is 52.1 Å². The highest BCUT2D eigenvalue weighted by Crippen LogP contribution is 2.30. The molecule has 2 unspecified atom stereocenters. The number of rotatable bonds is 8. The van der Waals surface area contributed by atoms with Crippen LogP contribution in [0.3, 0.4) is 0 Å². The van der Waals surface area contributed by atoms with E-state index in [1.807, 2.05) is 24.3 Å². The minimum Gasteiger partial charge on any atom is -0.495 e. The first-order valence-corrected chi connectivity index (χ1v) is 10.9. The monoisotopic (exact) mass is 540 g/mol. The first-order valence-electron chi connectivity index (χ1n) is 10.9. The molecule has 8 heteroatoms. The van der Waals surface area contributed by atoms with E-state index in [1.165, 1.54) is 0 Å². The molecule has 2 N–H and O–H groups in total. The lowest BCUT2D eigenvalue weighted by atomic mass is 10.2. The quantitative estimate of drug-likeness (QED) is 0.304. The van der Waals surface area contributed by atoms with Crippen LogP contribution in [0.25, 0.3) is 0 Å². The fraction of sp³-hybridized carbons (Fsp3) is 0.522. The number of benzene rings is 1. The second-order valence-electron chi connectivity index (χ2n) is 7.83. The Kier molecular flexibility index (Phi) is 9.32. The van der Waals surface area contributed by atoms with Crippen molar-refractivity contribution in [3.8, 4) is 5.75 Å². The second kappa shape index (κ2) is 12.2. The predicted octanol–water partition coefficient (Wildman–Crippen LogP) is 3.44. The maximum atomic E-state index is 5.74. The molecule has 0 aliphatic carbocycles. The van der Waals surface area contributed by atoms with Crippen LogP contribution >= 0.6 is 24.0 Å². The number of nitrogens with one attached hydrogen (secondary N) is 2. The molecule has 0 amide bonds. The Bertz CT molecular complexity index is 809. The van der Waals surface area contributed by atoms with Gasteiger partial charge in [-0.05, 0) is 43.5 Å². The van der Waals surface area contributed by atoms with Gasteiger partial charge in [-0.2, -0.15) is 0 Å². The lowest BCUT2D eigenvalue weighted by molar-refractivity contribution is 0.117. The van der Waals surface area contributed by atoms with Crippen molar-refractivity contribution in [2.75, 3.05) is 44.8 Å². The normalized spacial score (nSPS) is 21.1. The SMILES string of the molecule is COc1ccccc1N1CCC(NC(=NCC2CCCO2)NCCc2ccco2)C1.I. The second-order valence-corrected chi connectivity index (χ2v) is 7.83. The van der Waals surface area contributed by atoms with Gasteiger partial charge in [0.1, 0.15) is 11.5 Å². The molecule has 2 fully saturated rings. The van der Waals surface area contributed by atoms with Gasteiger partial charge < -0.3 is 29.4 Å². The highest BCUT2D eigenvalue weighted by Gasteiger charge is 2.25. The van der Waals surface area contributed by atoms with Crippen molar-refractivity contribution in [1.29, 1.82) is 0 Å². The third-order valence-corrected chi connectivity index (χ3v) is 5.68. The highest BCUT2D eigenvalue weighted by molar-refractivity contribution is 14.0. The van der Waals surface area contributed by atoms with Crippen LogP contribution in [0, 0.1) is 0 Å². The summed E-state index contributed by atoms with van der Waals surface area (Å²) >= 11 is 0. The van der Waals surface area contributed by atoms with E-state index in [0.717, 1.165) is 75.1 Å². The fourth-order valence-electron chi connectivity index (χ4n) is 4.07. The summed E-state index contributed by atoms with van der Waals surface area (Å²) in [6.07, 6.45) is 6.05. The first-order chi connectivity index (χ1) is 14.8. The van der Waals surface area contributed by atoms with E-state index in [-0.39, 0.29) is 30.1 Å². The van der Waals surface area contributed by atoms with Crippen LogP contribution in [0.1, 0.15) is 25.0 Å². The Morgan fingerprint density at radius 1 is 1.23 bits per heavy atom. The zero-order chi connectivity index (χ0) is 20.6. The van der Waals surface area contributed by atoms with E-state index in [4.69, 9.17) is 18.9 Å². The van der Waals surface area contributed by atoms with E-state index >= 15 is 0 Å². The number of aliphatic imine (C=N–C) groups is 1. The van der Waals surface area contributed by atoms with Crippen LogP contribution in [-0.2, 0) is 11.2 Å². The van der Waals surface area contributed by atoms with E-state index in [2.05, 4.69) is 27.7 Å². The van der Waals surface area contributed by atoms with Crippen LogP contribution in [-0.4, -0.2) is 58.0 Å². The number of nitrogens with zero attached hydrogens (tertiary/aromatic N) is 2. The molecular weight excluding hydrogens is 507 g/mol. The fourth-order valence-corrected chi connectivity index (χ4v) is 4.07. The lowest BCUT2D eigenvalue weighted by Gasteiger charge is -2.22.